The number of hydrogen-bond acceptors (Lipinski definition) is 6. The molecule has 2 amide bonds. The highest BCUT2D eigenvalue weighted by molar-refractivity contribution is 7.13. The van der Waals surface area contributed by atoms with Gasteiger partial charge in [0.05, 0.1) is 17.7 Å². The van der Waals surface area contributed by atoms with Crippen LogP contribution >= 0.6 is 11.3 Å². The van der Waals surface area contributed by atoms with Gasteiger partial charge in [-0.3, -0.25) is 9.59 Å². The third-order valence-corrected chi connectivity index (χ3v) is 6.61. The van der Waals surface area contributed by atoms with Crippen LogP contribution in [0.4, 0.5) is 4.39 Å². The van der Waals surface area contributed by atoms with Gasteiger partial charge in [0.2, 0.25) is 11.8 Å². The summed E-state index contributed by atoms with van der Waals surface area (Å²) in [4.78, 5) is 30.5. The second-order valence-corrected chi connectivity index (χ2v) is 9.46. The third kappa shape index (κ3) is 5.30. The van der Waals surface area contributed by atoms with Gasteiger partial charge in [0.15, 0.2) is 5.76 Å². The third-order valence-electron chi connectivity index (χ3n) is 5.70. The van der Waals surface area contributed by atoms with Gasteiger partial charge in [-0.25, -0.2) is 9.37 Å². The largest absolute Gasteiger partial charge is 0.360 e. The smallest absolute Gasteiger partial charge is 0.226 e. The minimum Gasteiger partial charge on any atom is -0.360 e. The molecule has 4 rings (SSSR count). The lowest BCUT2D eigenvalue weighted by Gasteiger charge is -2.30. The Hall–Kier alpha value is -3.07. The van der Waals surface area contributed by atoms with E-state index in [9.17, 15) is 14.0 Å². The molecule has 0 unspecified atom stereocenters. The number of hydrogen-bond donors (Lipinski definition) is 1. The van der Waals surface area contributed by atoms with Crippen LogP contribution in [-0.2, 0) is 16.0 Å². The molecule has 174 valence electrons. The summed E-state index contributed by atoms with van der Waals surface area (Å²) in [7, 11) is 0. The van der Waals surface area contributed by atoms with Crippen molar-refractivity contribution in [1.29, 1.82) is 0 Å². The lowest BCUT2D eigenvalue weighted by Crippen LogP contribution is -2.36. The van der Waals surface area contributed by atoms with Crippen LogP contribution in [0, 0.1) is 5.82 Å². The molecule has 1 aliphatic rings. The Morgan fingerprint density at radius 3 is 2.58 bits per heavy atom. The summed E-state index contributed by atoms with van der Waals surface area (Å²) >= 11 is 1.43. The van der Waals surface area contributed by atoms with Crippen molar-refractivity contribution in [3.63, 3.8) is 0 Å². The fourth-order valence-corrected chi connectivity index (χ4v) is 4.96. The maximum Gasteiger partial charge on any atom is 0.226 e. The fraction of sp³-hybridized carbons (Fsp3) is 0.417. The molecule has 0 spiro atoms. The predicted molar refractivity (Wildman–Crippen MR) is 124 cm³/mol. The van der Waals surface area contributed by atoms with Gasteiger partial charge < -0.3 is 14.7 Å². The number of carbonyl (C=O) groups is 2. The van der Waals surface area contributed by atoms with Gasteiger partial charge in [-0.2, -0.15) is 0 Å². The molecular formula is C24H27FN4O3S. The van der Waals surface area contributed by atoms with Crippen molar-refractivity contribution in [2.45, 2.75) is 52.0 Å². The van der Waals surface area contributed by atoms with Crippen molar-refractivity contribution in [2.75, 3.05) is 13.1 Å². The molecule has 0 radical (unpaired) electrons. The molecule has 3 heterocycles. The summed E-state index contributed by atoms with van der Waals surface area (Å²) in [6.45, 7) is 6.73. The van der Waals surface area contributed by atoms with Gasteiger partial charge in [0.25, 0.3) is 0 Å². The molecule has 33 heavy (non-hydrogen) atoms. The quantitative estimate of drug-likeness (QED) is 0.577. The molecule has 3 aromatic rings. The number of nitrogens with zero attached hydrogens (tertiary/aromatic N) is 3. The van der Waals surface area contributed by atoms with Crippen molar-refractivity contribution in [3.8, 4) is 21.8 Å². The molecule has 1 aromatic carbocycles. The Morgan fingerprint density at radius 1 is 1.24 bits per heavy atom. The van der Waals surface area contributed by atoms with E-state index in [1.54, 1.807) is 19.1 Å². The predicted octanol–water partition coefficient (Wildman–Crippen LogP) is 4.40. The van der Waals surface area contributed by atoms with E-state index in [1.165, 1.54) is 23.5 Å². The normalized spacial score (nSPS) is 14.6. The molecule has 7 nitrogen and oxygen atoms in total. The van der Waals surface area contributed by atoms with Crippen molar-refractivity contribution in [1.82, 2.24) is 20.4 Å². The van der Waals surface area contributed by atoms with Gasteiger partial charge in [0.1, 0.15) is 16.5 Å². The highest BCUT2D eigenvalue weighted by atomic mass is 32.1. The molecule has 9 heteroatoms. The fourth-order valence-electron chi connectivity index (χ4n) is 4.09. The monoisotopic (exact) mass is 470 g/mol. The van der Waals surface area contributed by atoms with Crippen molar-refractivity contribution >= 4 is 23.2 Å². The van der Waals surface area contributed by atoms with E-state index in [4.69, 9.17) is 9.51 Å². The summed E-state index contributed by atoms with van der Waals surface area (Å²) < 4.78 is 19.4. The van der Waals surface area contributed by atoms with Crippen LogP contribution in [-0.4, -0.2) is 46.0 Å². The Balaban J connectivity index is 1.68. The van der Waals surface area contributed by atoms with E-state index in [0.717, 1.165) is 29.7 Å². The van der Waals surface area contributed by atoms with E-state index < -0.39 is 0 Å². The number of amides is 2. The number of nitrogens with one attached hydrogen (secondary N) is 1. The number of aromatic nitrogens is 2. The van der Waals surface area contributed by atoms with Gasteiger partial charge in [0, 0.05) is 42.9 Å². The Kier molecular flexibility index (Phi) is 6.88. The molecule has 0 bridgehead atoms. The lowest BCUT2D eigenvalue weighted by molar-refractivity contribution is -0.130. The minimum absolute atomic E-state index is 0.0613. The van der Waals surface area contributed by atoms with Gasteiger partial charge in [-0.15, -0.1) is 11.3 Å². The first-order valence-electron chi connectivity index (χ1n) is 11.1. The zero-order valence-electron chi connectivity index (χ0n) is 18.9. The number of thiazole rings is 1. The van der Waals surface area contributed by atoms with Crippen molar-refractivity contribution in [3.05, 3.63) is 46.9 Å². The number of benzene rings is 1. The molecule has 0 saturated carbocycles. The maximum atomic E-state index is 13.5. The first-order valence-corrected chi connectivity index (χ1v) is 11.9. The van der Waals surface area contributed by atoms with Crippen LogP contribution in [0.1, 0.15) is 51.0 Å². The van der Waals surface area contributed by atoms with Crippen molar-refractivity contribution in [2.24, 2.45) is 0 Å². The van der Waals surface area contributed by atoms with Crippen LogP contribution in [0.3, 0.4) is 0 Å². The van der Waals surface area contributed by atoms with Crippen molar-refractivity contribution < 1.29 is 18.5 Å². The van der Waals surface area contributed by atoms with Crippen LogP contribution in [0.25, 0.3) is 21.8 Å². The minimum atomic E-state index is -0.326. The summed E-state index contributed by atoms with van der Waals surface area (Å²) in [5.41, 5.74) is 2.79. The SMILES string of the molecule is CC(=O)N1CCC(c2onc(-c3ccc(F)cc3)c2-c2nc(CC(=O)NC(C)C)cs2)CC1. The topological polar surface area (TPSA) is 88.3 Å². The molecule has 1 aliphatic heterocycles. The van der Waals surface area contributed by atoms with Crippen LogP contribution in [0.5, 0.6) is 0 Å². The number of likely N-dealkylation sites (tertiary alicyclic amines) is 1. The Bertz CT molecular complexity index is 1130. The van der Waals surface area contributed by atoms with Crippen LogP contribution in [0.2, 0.25) is 0 Å². The van der Waals surface area contributed by atoms with Crippen LogP contribution < -0.4 is 5.32 Å². The maximum absolute atomic E-state index is 13.5. The zero-order valence-corrected chi connectivity index (χ0v) is 19.7. The van der Waals surface area contributed by atoms with E-state index in [1.807, 2.05) is 24.1 Å². The van der Waals surface area contributed by atoms with Gasteiger partial charge >= 0.3 is 0 Å². The average molecular weight is 471 g/mol. The molecule has 0 aliphatic carbocycles. The molecule has 2 aromatic heterocycles. The number of rotatable bonds is 6. The molecule has 1 N–H and O–H groups in total. The highest BCUT2D eigenvalue weighted by Crippen LogP contribution is 2.42. The number of halogens is 1. The van der Waals surface area contributed by atoms with Gasteiger partial charge in [-0.05, 0) is 51.0 Å². The first-order chi connectivity index (χ1) is 15.8. The summed E-state index contributed by atoms with van der Waals surface area (Å²) in [6, 6.07) is 6.18. The number of carbonyl (C=O) groups excluding carboxylic acids is 2. The first kappa shape index (κ1) is 23.1. The Labute approximate surface area is 196 Å². The van der Waals surface area contributed by atoms with E-state index in [-0.39, 0.29) is 36.0 Å². The van der Waals surface area contributed by atoms with E-state index in [2.05, 4.69) is 10.5 Å². The number of piperidine rings is 1. The lowest BCUT2D eigenvalue weighted by atomic mass is 9.90. The highest BCUT2D eigenvalue weighted by Gasteiger charge is 2.31. The van der Waals surface area contributed by atoms with E-state index >= 15 is 0 Å². The standard InChI is InChI=1S/C24H27FN4O3S/c1-14(2)26-20(31)12-19-13-33-24(27-19)21-22(16-4-6-18(25)7-5-16)28-32-23(21)17-8-10-29(11-9-17)15(3)30/h4-7,13-14,17H,8-12H2,1-3H3,(H,26,31). The molecule has 0 atom stereocenters. The molecule has 1 saturated heterocycles. The zero-order chi connectivity index (χ0) is 23.5. The van der Waals surface area contributed by atoms with Gasteiger partial charge in [-0.1, -0.05) is 5.16 Å². The molecule has 1 fully saturated rings. The summed E-state index contributed by atoms with van der Waals surface area (Å²) in [6.07, 6.45) is 1.72. The average Bonchev–Trinajstić information content (AvgIpc) is 3.40. The van der Waals surface area contributed by atoms with Crippen LogP contribution in [0.15, 0.2) is 34.2 Å². The Morgan fingerprint density at radius 2 is 1.94 bits per heavy atom. The van der Waals surface area contributed by atoms with E-state index in [0.29, 0.717) is 29.5 Å². The molecular weight excluding hydrogens is 443 g/mol. The second-order valence-electron chi connectivity index (χ2n) is 8.60. The summed E-state index contributed by atoms with van der Waals surface area (Å²) in [5, 5.41) is 9.81. The summed E-state index contributed by atoms with van der Waals surface area (Å²) in [5.74, 6) is 0.484. The second kappa shape index (κ2) is 9.82.